The molecule has 2 saturated heterocycles. The third-order valence-electron chi connectivity index (χ3n) is 5.17. The van der Waals surface area contributed by atoms with Gasteiger partial charge in [0.2, 0.25) is 5.91 Å². The minimum Gasteiger partial charge on any atom is -0.343 e. The van der Waals surface area contributed by atoms with Gasteiger partial charge in [-0.1, -0.05) is 6.07 Å². The third-order valence-corrected chi connectivity index (χ3v) is 5.17. The first-order valence-electron chi connectivity index (χ1n) is 8.61. The van der Waals surface area contributed by atoms with Gasteiger partial charge < -0.3 is 9.80 Å². The van der Waals surface area contributed by atoms with Crippen LogP contribution in [-0.2, 0) is 4.79 Å². The zero-order valence-electron chi connectivity index (χ0n) is 13.6. The number of carbonyl (C=O) groups excluding carboxylic acids is 1. The van der Waals surface area contributed by atoms with Gasteiger partial charge in [-0.2, -0.15) is 0 Å². The maximum absolute atomic E-state index is 11.5. The van der Waals surface area contributed by atoms with E-state index >= 15 is 0 Å². The normalized spacial score (nSPS) is 24.4. The molecular formula is C18H27N3O. The minimum absolute atomic E-state index is 0.235. The molecule has 120 valence electrons. The van der Waals surface area contributed by atoms with Crippen molar-refractivity contribution in [3.63, 3.8) is 0 Å². The second kappa shape index (κ2) is 7.23. The largest absolute Gasteiger partial charge is 0.343 e. The van der Waals surface area contributed by atoms with Gasteiger partial charge in [0, 0.05) is 44.4 Å². The van der Waals surface area contributed by atoms with E-state index in [4.69, 9.17) is 0 Å². The van der Waals surface area contributed by atoms with Crippen LogP contribution in [0.15, 0.2) is 24.4 Å². The maximum atomic E-state index is 11.5. The molecule has 2 aliphatic heterocycles. The lowest BCUT2D eigenvalue weighted by molar-refractivity contribution is -0.130. The molecule has 3 heterocycles. The lowest BCUT2D eigenvalue weighted by Gasteiger charge is -2.38. The second-order valence-corrected chi connectivity index (χ2v) is 6.80. The average Bonchev–Trinajstić information content (AvgIpc) is 2.56. The molecule has 0 aromatic carbocycles. The fraction of sp³-hybridized carbons (Fsp3) is 0.667. The van der Waals surface area contributed by atoms with Crippen LogP contribution in [0.2, 0.25) is 0 Å². The van der Waals surface area contributed by atoms with Crippen LogP contribution < -0.4 is 0 Å². The number of nitrogens with zero attached hydrogens (tertiary/aromatic N) is 3. The Bertz CT molecular complexity index is 482. The van der Waals surface area contributed by atoms with Crippen LogP contribution in [-0.4, -0.2) is 53.4 Å². The Kier molecular flexibility index (Phi) is 5.08. The van der Waals surface area contributed by atoms with Crippen LogP contribution in [0.4, 0.5) is 0 Å². The van der Waals surface area contributed by atoms with Crippen LogP contribution in [0.25, 0.3) is 0 Å². The number of piperidine rings is 2. The van der Waals surface area contributed by atoms with Crippen molar-refractivity contribution in [1.82, 2.24) is 14.8 Å². The van der Waals surface area contributed by atoms with Crippen molar-refractivity contribution in [3.8, 4) is 0 Å². The van der Waals surface area contributed by atoms with E-state index in [2.05, 4.69) is 22.0 Å². The highest BCUT2D eigenvalue weighted by atomic mass is 16.2. The SMILES string of the molecule is CC(=O)N1CCCC(CN2CCC(c3ccccn3)CC2)C1. The first-order chi connectivity index (χ1) is 10.7. The molecule has 1 amide bonds. The number of rotatable bonds is 3. The van der Waals surface area contributed by atoms with E-state index in [1.165, 1.54) is 25.0 Å². The molecule has 2 aliphatic rings. The standard InChI is InChI=1S/C18H27N3O/c1-15(22)21-10-4-5-16(14-21)13-20-11-7-17(8-12-20)18-6-2-3-9-19-18/h2-3,6,9,16-17H,4-5,7-8,10-14H2,1H3. The molecule has 3 rings (SSSR count). The van der Waals surface area contributed by atoms with Crippen molar-refractivity contribution in [2.45, 2.75) is 38.5 Å². The van der Waals surface area contributed by atoms with Crippen LogP contribution in [0, 0.1) is 5.92 Å². The molecule has 0 bridgehead atoms. The molecule has 4 nitrogen and oxygen atoms in total. The van der Waals surface area contributed by atoms with Crippen LogP contribution in [0.1, 0.15) is 44.2 Å². The monoisotopic (exact) mass is 301 g/mol. The molecule has 0 radical (unpaired) electrons. The minimum atomic E-state index is 0.235. The predicted octanol–water partition coefficient (Wildman–Crippen LogP) is 2.52. The predicted molar refractivity (Wildman–Crippen MR) is 87.6 cm³/mol. The van der Waals surface area contributed by atoms with E-state index in [-0.39, 0.29) is 5.91 Å². The highest BCUT2D eigenvalue weighted by Gasteiger charge is 2.26. The van der Waals surface area contributed by atoms with E-state index in [1.807, 2.05) is 17.2 Å². The summed E-state index contributed by atoms with van der Waals surface area (Å²) in [6.45, 7) is 7.08. The summed E-state index contributed by atoms with van der Waals surface area (Å²) in [5, 5.41) is 0. The molecule has 0 saturated carbocycles. The highest BCUT2D eigenvalue weighted by Crippen LogP contribution is 2.27. The number of hydrogen-bond donors (Lipinski definition) is 0. The van der Waals surface area contributed by atoms with Crippen LogP contribution in [0.5, 0.6) is 0 Å². The molecular weight excluding hydrogens is 274 g/mol. The Morgan fingerprint density at radius 2 is 2.05 bits per heavy atom. The fourth-order valence-electron chi connectivity index (χ4n) is 3.89. The summed E-state index contributed by atoms with van der Waals surface area (Å²) in [4.78, 5) is 20.7. The molecule has 22 heavy (non-hydrogen) atoms. The lowest BCUT2D eigenvalue weighted by atomic mass is 9.91. The van der Waals surface area contributed by atoms with Crippen LogP contribution >= 0.6 is 0 Å². The van der Waals surface area contributed by atoms with E-state index in [9.17, 15) is 4.79 Å². The molecule has 2 fully saturated rings. The zero-order valence-corrected chi connectivity index (χ0v) is 13.6. The van der Waals surface area contributed by atoms with Crippen molar-refractivity contribution in [3.05, 3.63) is 30.1 Å². The molecule has 1 aromatic rings. The van der Waals surface area contributed by atoms with Crippen LogP contribution in [0.3, 0.4) is 0 Å². The summed E-state index contributed by atoms with van der Waals surface area (Å²) in [5.41, 5.74) is 1.25. The topological polar surface area (TPSA) is 36.4 Å². The Morgan fingerprint density at radius 3 is 2.73 bits per heavy atom. The number of pyridine rings is 1. The van der Waals surface area contributed by atoms with Crippen molar-refractivity contribution >= 4 is 5.91 Å². The summed E-state index contributed by atoms with van der Waals surface area (Å²) >= 11 is 0. The number of likely N-dealkylation sites (tertiary alicyclic amines) is 2. The highest BCUT2D eigenvalue weighted by molar-refractivity contribution is 5.73. The Balaban J connectivity index is 1.47. The van der Waals surface area contributed by atoms with E-state index in [1.54, 1.807) is 6.92 Å². The van der Waals surface area contributed by atoms with Gasteiger partial charge in [0.1, 0.15) is 0 Å². The first kappa shape index (κ1) is 15.5. The zero-order chi connectivity index (χ0) is 15.4. The maximum Gasteiger partial charge on any atom is 0.219 e. The van der Waals surface area contributed by atoms with Gasteiger partial charge in [-0.15, -0.1) is 0 Å². The summed E-state index contributed by atoms with van der Waals surface area (Å²) in [7, 11) is 0. The summed E-state index contributed by atoms with van der Waals surface area (Å²) in [6, 6.07) is 6.24. The van der Waals surface area contributed by atoms with Gasteiger partial charge >= 0.3 is 0 Å². The van der Waals surface area contributed by atoms with Gasteiger partial charge in [-0.05, 0) is 56.8 Å². The third kappa shape index (κ3) is 3.86. The van der Waals surface area contributed by atoms with Crippen molar-refractivity contribution in [1.29, 1.82) is 0 Å². The summed E-state index contributed by atoms with van der Waals surface area (Å²) in [5.74, 6) is 1.51. The molecule has 0 N–H and O–H groups in total. The van der Waals surface area contributed by atoms with Gasteiger partial charge in [-0.25, -0.2) is 0 Å². The molecule has 1 unspecified atom stereocenters. The van der Waals surface area contributed by atoms with E-state index < -0.39 is 0 Å². The lowest BCUT2D eigenvalue weighted by Crippen LogP contribution is -2.44. The van der Waals surface area contributed by atoms with Crippen molar-refractivity contribution in [2.75, 3.05) is 32.7 Å². The molecule has 1 atom stereocenters. The van der Waals surface area contributed by atoms with Gasteiger partial charge in [0.15, 0.2) is 0 Å². The Morgan fingerprint density at radius 1 is 1.23 bits per heavy atom. The van der Waals surface area contributed by atoms with E-state index in [0.29, 0.717) is 11.8 Å². The molecule has 4 heteroatoms. The average molecular weight is 301 g/mol. The van der Waals surface area contributed by atoms with Gasteiger partial charge in [0.05, 0.1) is 0 Å². The molecule has 0 spiro atoms. The summed E-state index contributed by atoms with van der Waals surface area (Å²) < 4.78 is 0. The number of aromatic nitrogens is 1. The summed E-state index contributed by atoms with van der Waals surface area (Å²) in [6.07, 6.45) is 6.75. The number of hydrogen-bond acceptors (Lipinski definition) is 3. The number of amides is 1. The van der Waals surface area contributed by atoms with Crippen molar-refractivity contribution < 1.29 is 4.79 Å². The second-order valence-electron chi connectivity index (χ2n) is 6.80. The van der Waals surface area contributed by atoms with Crippen molar-refractivity contribution in [2.24, 2.45) is 5.92 Å². The quantitative estimate of drug-likeness (QED) is 0.861. The number of carbonyl (C=O) groups is 1. The fourth-order valence-corrected chi connectivity index (χ4v) is 3.89. The molecule has 1 aromatic heterocycles. The van der Waals surface area contributed by atoms with Gasteiger partial charge in [-0.3, -0.25) is 9.78 Å². The van der Waals surface area contributed by atoms with Gasteiger partial charge in [0.25, 0.3) is 0 Å². The Hall–Kier alpha value is -1.42. The first-order valence-corrected chi connectivity index (χ1v) is 8.61. The Labute approximate surface area is 133 Å². The smallest absolute Gasteiger partial charge is 0.219 e. The van der Waals surface area contributed by atoms with E-state index in [0.717, 1.165) is 39.1 Å². The molecule has 0 aliphatic carbocycles.